The van der Waals surface area contributed by atoms with Crippen LogP contribution < -0.4 is 0 Å². The number of hydrogen-bond donors (Lipinski definition) is 0. The van der Waals surface area contributed by atoms with Crippen LogP contribution in [0.4, 0.5) is 0 Å². The Morgan fingerprint density at radius 3 is 2.29 bits per heavy atom. The average Bonchev–Trinajstić information content (AvgIpc) is 2.21. The van der Waals surface area contributed by atoms with Crippen molar-refractivity contribution in [2.75, 3.05) is 20.1 Å². The van der Waals surface area contributed by atoms with Gasteiger partial charge in [0.25, 0.3) is 0 Å². The van der Waals surface area contributed by atoms with Gasteiger partial charge < -0.3 is 4.90 Å². The van der Waals surface area contributed by atoms with Gasteiger partial charge in [0.05, 0.1) is 0 Å². The van der Waals surface area contributed by atoms with Crippen molar-refractivity contribution in [3.8, 4) is 0 Å². The Labute approximate surface area is 99.6 Å². The molecule has 0 N–H and O–H groups in total. The van der Waals surface area contributed by atoms with E-state index in [2.05, 4.69) is 58.8 Å². The van der Waals surface area contributed by atoms with Gasteiger partial charge in [0, 0.05) is 3.57 Å². The summed E-state index contributed by atoms with van der Waals surface area (Å²) in [6, 6.07) is 9.01. The van der Waals surface area contributed by atoms with Crippen molar-refractivity contribution >= 4 is 22.6 Å². The summed E-state index contributed by atoms with van der Waals surface area (Å²) in [5.41, 5.74) is 1.53. The maximum Gasteiger partial charge on any atom is 0.0130 e. The van der Waals surface area contributed by atoms with Gasteiger partial charge in [-0.3, -0.25) is 0 Å². The number of rotatable bonds is 1. The predicted molar refractivity (Wildman–Crippen MR) is 68.6 cm³/mol. The van der Waals surface area contributed by atoms with Gasteiger partial charge in [-0.05, 0) is 79.2 Å². The van der Waals surface area contributed by atoms with Crippen LogP contribution in [0.3, 0.4) is 0 Å². The third kappa shape index (κ3) is 2.48. The molecule has 0 spiro atoms. The summed E-state index contributed by atoms with van der Waals surface area (Å²) in [6.07, 6.45) is 2.63. The van der Waals surface area contributed by atoms with Crippen LogP contribution in [0.5, 0.6) is 0 Å². The fourth-order valence-electron chi connectivity index (χ4n) is 2.08. The molecule has 0 radical (unpaired) electrons. The molecule has 1 aromatic carbocycles. The minimum atomic E-state index is 0.795. The second-order valence-electron chi connectivity index (χ2n) is 4.13. The van der Waals surface area contributed by atoms with Crippen molar-refractivity contribution in [3.63, 3.8) is 0 Å². The van der Waals surface area contributed by atoms with Gasteiger partial charge in [-0.25, -0.2) is 0 Å². The van der Waals surface area contributed by atoms with E-state index in [-0.39, 0.29) is 0 Å². The van der Waals surface area contributed by atoms with E-state index in [1.165, 1.54) is 35.1 Å². The largest absolute Gasteiger partial charge is 0.306 e. The van der Waals surface area contributed by atoms with Crippen LogP contribution in [-0.4, -0.2) is 25.0 Å². The van der Waals surface area contributed by atoms with E-state index < -0.39 is 0 Å². The lowest BCUT2D eigenvalue weighted by atomic mass is 9.90. The third-order valence-corrected chi connectivity index (χ3v) is 3.78. The molecular formula is C12H16IN. The molecule has 0 unspecified atom stereocenters. The fourth-order valence-corrected chi connectivity index (χ4v) is 2.44. The number of halogens is 1. The lowest BCUT2D eigenvalue weighted by molar-refractivity contribution is 0.255. The molecule has 0 amide bonds. The Balaban J connectivity index is 2.05. The van der Waals surface area contributed by atoms with Gasteiger partial charge in [0.15, 0.2) is 0 Å². The van der Waals surface area contributed by atoms with Gasteiger partial charge in [-0.2, -0.15) is 0 Å². The lowest BCUT2D eigenvalue weighted by Gasteiger charge is -2.29. The highest BCUT2D eigenvalue weighted by Gasteiger charge is 2.17. The topological polar surface area (TPSA) is 3.24 Å². The van der Waals surface area contributed by atoms with E-state index in [1.807, 2.05) is 0 Å². The highest BCUT2D eigenvalue weighted by atomic mass is 127. The second kappa shape index (κ2) is 4.62. The minimum absolute atomic E-state index is 0.795. The smallest absolute Gasteiger partial charge is 0.0130 e. The third-order valence-electron chi connectivity index (χ3n) is 3.06. The molecule has 1 aliphatic heterocycles. The van der Waals surface area contributed by atoms with Crippen LogP contribution in [0.1, 0.15) is 24.3 Å². The number of likely N-dealkylation sites (tertiary alicyclic amines) is 1. The number of benzene rings is 1. The summed E-state index contributed by atoms with van der Waals surface area (Å²) in [6.45, 7) is 2.49. The molecule has 14 heavy (non-hydrogen) atoms. The molecule has 0 atom stereocenters. The quantitative estimate of drug-likeness (QED) is 0.721. The number of hydrogen-bond acceptors (Lipinski definition) is 1. The summed E-state index contributed by atoms with van der Waals surface area (Å²) in [5, 5.41) is 0. The van der Waals surface area contributed by atoms with Crippen LogP contribution >= 0.6 is 22.6 Å². The van der Waals surface area contributed by atoms with Crippen LogP contribution in [0.15, 0.2) is 24.3 Å². The highest BCUT2D eigenvalue weighted by molar-refractivity contribution is 14.1. The number of piperidine rings is 1. The zero-order chi connectivity index (χ0) is 9.97. The van der Waals surface area contributed by atoms with Crippen LogP contribution in [0.25, 0.3) is 0 Å². The molecule has 0 saturated carbocycles. The zero-order valence-corrected chi connectivity index (χ0v) is 10.7. The van der Waals surface area contributed by atoms with Crippen molar-refractivity contribution < 1.29 is 0 Å². The molecule has 1 heterocycles. The Morgan fingerprint density at radius 1 is 1.14 bits per heavy atom. The van der Waals surface area contributed by atoms with Gasteiger partial charge in [0.1, 0.15) is 0 Å². The highest BCUT2D eigenvalue weighted by Crippen LogP contribution is 2.27. The molecule has 2 rings (SSSR count). The van der Waals surface area contributed by atoms with Crippen molar-refractivity contribution in [2.24, 2.45) is 0 Å². The monoisotopic (exact) mass is 301 g/mol. The van der Waals surface area contributed by atoms with Gasteiger partial charge >= 0.3 is 0 Å². The summed E-state index contributed by atoms with van der Waals surface area (Å²) in [4.78, 5) is 2.42. The predicted octanol–water partition coefficient (Wildman–Crippen LogP) is 3.10. The van der Waals surface area contributed by atoms with Crippen molar-refractivity contribution in [2.45, 2.75) is 18.8 Å². The molecule has 1 fully saturated rings. The number of nitrogens with zero attached hydrogens (tertiary/aromatic N) is 1. The molecule has 0 aromatic heterocycles. The Kier molecular flexibility index (Phi) is 3.44. The first-order chi connectivity index (χ1) is 6.75. The van der Waals surface area contributed by atoms with Crippen molar-refractivity contribution in [1.82, 2.24) is 4.90 Å². The van der Waals surface area contributed by atoms with E-state index in [1.54, 1.807) is 0 Å². The molecule has 0 aliphatic carbocycles. The van der Waals surface area contributed by atoms with E-state index in [0.29, 0.717) is 0 Å². The first kappa shape index (κ1) is 10.4. The average molecular weight is 301 g/mol. The molecular weight excluding hydrogens is 285 g/mol. The molecule has 0 bridgehead atoms. The molecule has 76 valence electrons. The van der Waals surface area contributed by atoms with Crippen LogP contribution in [0, 0.1) is 3.57 Å². The normalized spacial score (nSPS) is 19.9. The standard InChI is InChI=1S/C12H16IN/c1-14-8-6-11(7-9-14)10-2-4-12(13)5-3-10/h2-5,11H,6-9H2,1H3. The van der Waals surface area contributed by atoms with Crippen molar-refractivity contribution in [3.05, 3.63) is 33.4 Å². The van der Waals surface area contributed by atoms with Gasteiger partial charge in [0.2, 0.25) is 0 Å². The Bertz CT molecular complexity index is 286. The fraction of sp³-hybridized carbons (Fsp3) is 0.500. The van der Waals surface area contributed by atoms with Gasteiger partial charge in [-0.1, -0.05) is 12.1 Å². The summed E-state index contributed by atoms with van der Waals surface area (Å²) < 4.78 is 1.33. The van der Waals surface area contributed by atoms with E-state index >= 15 is 0 Å². The maximum atomic E-state index is 2.42. The molecule has 1 aliphatic rings. The SMILES string of the molecule is CN1CCC(c2ccc(I)cc2)CC1. The minimum Gasteiger partial charge on any atom is -0.306 e. The molecule has 1 aromatic rings. The zero-order valence-electron chi connectivity index (χ0n) is 8.54. The summed E-state index contributed by atoms with van der Waals surface area (Å²) in [7, 11) is 2.21. The molecule has 2 heteroatoms. The Morgan fingerprint density at radius 2 is 1.71 bits per heavy atom. The van der Waals surface area contributed by atoms with Crippen LogP contribution in [-0.2, 0) is 0 Å². The van der Waals surface area contributed by atoms with E-state index in [4.69, 9.17) is 0 Å². The molecule has 1 nitrogen and oxygen atoms in total. The van der Waals surface area contributed by atoms with Crippen molar-refractivity contribution in [1.29, 1.82) is 0 Å². The first-order valence-corrected chi connectivity index (χ1v) is 6.27. The van der Waals surface area contributed by atoms with E-state index in [9.17, 15) is 0 Å². The lowest BCUT2D eigenvalue weighted by Crippen LogP contribution is -2.29. The van der Waals surface area contributed by atoms with E-state index in [0.717, 1.165) is 5.92 Å². The van der Waals surface area contributed by atoms with Gasteiger partial charge in [-0.15, -0.1) is 0 Å². The van der Waals surface area contributed by atoms with Crippen LogP contribution in [0.2, 0.25) is 0 Å². The summed E-state index contributed by atoms with van der Waals surface area (Å²) >= 11 is 2.36. The Hall–Kier alpha value is -0.0900. The first-order valence-electron chi connectivity index (χ1n) is 5.20. The maximum absolute atomic E-state index is 2.42. The summed E-state index contributed by atoms with van der Waals surface area (Å²) in [5.74, 6) is 0.795. The molecule has 1 saturated heterocycles. The second-order valence-corrected chi connectivity index (χ2v) is 5.37.